The highest BCUT2D eigenvalue weighted by Crippen LogP contribution is 2.29. The first-order chi connectivity index (χ1) is 13.2. The Balaban J connectivity index is 1.73. The molecule has 0 spiro atoms. The van der Waals surface area contributed by atoms with E-state index >= 15 is 0 Å². The molecule has 0 amide bonds. The SMILES string of the molecule is CCCc1nc(C)cc(-c2cc(NCc3ccccn3)nc3[nH]ccc23)n1. The molecule has 0 aliphatic carbocycles. The molecule has 0 aromatic carbocycles. The minimum absolute atomic E-state index is 0.614. The molecule has 0 fully saturated rings. The molecule has 4 rings (SSSR count). The molecule has 27 heavy (non-hydrogen) atoms. The monoisotopic (exact) mass is 358 g/mol. The van der Waals surface area contributed by atoms with Crippen molar-refractivity contribution < 1.29 is 0 Å². The summed E-state index contributed by atoms with van der Waals surface area (Å²) in [6, 6.07) is 12.0. The first-order valence-corrected chi connectivity index (χ1v) is 9.20. The third kappa shape index (κ3) is 3.79. The van der Waals surface area contributed by atoms with Gasteiger partial charge < -0.3 is 10.3 Å². The zero-order valence-corrected chi connectivity index (χ0v) is 15.5. The summed E-state index contributed by atoms with van der Waals surface area (Å²) in [7, 11) is 0. The van der Waals surface area contributed by atoms with Gasteiger partial charge in [0, 0.05) is 35.5 Å². The third-order valence-electron chi connectivity index (χ3n) is 4.36. The molecule has 4 heterocycles. The second kappa shape index (κ2) is 7.53. The molecule has 136 valence electrons. The number of pyridine rings is 2. The fourth-order valence-electron chi connectivity index (χ4n) is 3.13. The number of hydrogen-bond donors (Lipinski definition) is 2. The van der Waals surface area contributed by atoms with Crippen molar-refractivity contribution in [1.29, 1.82) is 0 Å². The first-order valence-electron chi connectivity index (χ1n) is 9.20. The van der Waals surface area contributed by atoms with E-state index in [9.17, 15) is 0 Å². The molecule has 0 atom stereocenters. The summed E-state index contributed by atoms with van der Waals surface area (Å²) in [5.41, 5.74) is 4.76. The van der Waals surface area contributed by atoms with Gasteiger partial charge in [0.05, 0.1) is 17.9 Å². The van der Waals surface area contributed by atoms with Crippen LogP contribution in [0.1, 0.15) is 30.6 Å². The van der Waals surface area contributed by atoms with E-state index in [0.717, 1.165) is 58.2 Å². The Kier molecular flexibility index (Phi) is 4.78. The van der Waals surface area contributed by atoms with Crippen LogP contribution in [0.3, 0.4) is 0 Å². The van der Waals surface area contributed by atoms with Gasteiger partial charge in [-0.1, -0.05) is 13.0 Å². The van der Waals surface area contributed by atoms with Gasteiger partial charge in [-0.15, -0.1) is 0 Å². The molecule has 0 unspecified atom stereocenters. The van der Waals surface area contributed by atoms with Crippen LogP contribution in [0.2, 0.25) is 0 Å². The van der Waals surface area contributed by atoms with Crippen LogP contribution in [0, 0.1) is 6.92 Å². The van der Waals surface area contributed by atoms with Gasteiger partial charge in [0.25, 0.3) is 0 Å². The molecule has 0 saturated carbocycles. The molecule has 2 N–H and O–H groups in total. The van der Waals surface area contributed by atoms with Crippen molar-refractivity contribution in [2.24, 2.45) is 0 Å². The van der Waals surface area contributed by atoms with Crippen LogP contribution in [0.25, 0.3) is 22.3 Å². The number of rotatable bonds is 6. The summed E-state index contributed by atoms with van der Waals surface area (Å²) in [5.74, 6) is 1.68. The number of fused-ring (bicyclic) bond motifs is 1. The Morgan fingerprint density at radius 2 is 2.00 bits per heavy atom. The Morgan fingerprint density at radius 1 is 1.07 bits per heavy atom. The van der Waals surface area contributed by atoms with E-state index in [2.05, 4.69) is 38.2 Å². The number of aromatic amines is 1. The van der Waals surface area contributed by atoms with E-state index in [1.54, 1.807) is 6.20 Å². The fourth-order valence-corrected chi connectivity index (χ4v) is 3.13. The van der Waals surface area contributed by atoms with Crippen LogP contribution in [0.15, 0.2) is 48.8 Å². The van der Waals surface area contributed by atoms with Crippen LogP contribution in [-0.4, -0.2) is 24.9 Å². The molecule has 6 heteroatoms. The topological polar surface area (TPSA) is 79.4 Å². The van der Waals surface area contributed by atoms with Gasteiger partial charge in [-0.25, -0.2) is 15.0 Å². The van der Waals surface area contributed by atoms with Crippen molar-refractivity contribution in [3.8, 4) is 11.3 Å². The van der Waals surface area contributed by atoms with Crippen molar-refractivity contribution in [3.05, 3.63) is 66.0 Å². The van der Waals surface area contributed by atoms with E-state index in [1.165, 1.54) is 0 Å². The summed E-state index contributed by atoms with van der Waals surface area (Å²) >= 11 is 0. The average molecular weight is 358 g/mol. The molecular weight excluding hydrogens is 336 g/mol. The number of nitrogens with zero attached hydrogens (tertiary/aromatic N) is 4. The number of hydrogen-bond acceptors (Lipinski definition) is 5. The highest BCUT2D eigenvalue weighted by atomic mass is 15.0. The highest BCUT2D eigenvalue weighted by Gasteiger charge is 2.12. The molecule has 4 aromatic heterocycles. The summed E-state index contributed by atoms with van der Waals surface area (Å²) in [6.45, 7) is 4.77. The lowest BCUT2D eigenvalue weighted by molar-refractivity contribution is 0.827. The fraction of sp³-hybridized carbons (Fsp3) is 0.238. The van der Waals surface area contributed by atoms with E-state index in [1.807, 2.05) is 43.5 Å². The smallest absolute Gasteiger partial charge is 0.140 e. The van der Waals surface area contributed by atoms with Gasteiger partial charge in [0.1, 0.15) is 17.3 Å². The van der Waals surface area contributed by atoms with Crippen molar-refractivity contribution in [1.82, 2.24) is 24.9 Å². The quantitative estimate of drug-likeness (QED) is 0.537. The van der Waals surface area contributed by atoms with Crippen LogP contribution in [0.5, 0.6) is 0 Å². The molecule has 0 saturated heterocycles. The summed E-state index contributed by atoms with van der Waals surface area (Å²) < 4.78 is 0. The molecule has 6 nitrogen and oxygen atoms in total. The second-order valence-corrected chi connectivity index (χ2v) is 6.53. The standard InChI is InChI=1S/C21H22N6/c1-3-6-19-25-14(2)11-18(26-19)17-12-20(27-21-16(17)8-10-23-21)24-13-15-7-4-5-9-22-15/h4-5,7-12H,3,6,13H2,1-2H3,(H2,23,24,27). The first kappa shape index (κ1) is 17.1. The number of aromatic nitrogens is 5. The zero-order valence-electron chi connectivity index (χ0n) is 15.5. The van der Waals surface area contributed by atoms with E-state index < -0.39 is 0 Å². The predicted octanol–water partition coefficient (Wildman–Crippen LogP) is 4.29. The number of aryl methyl sites for hydroxylation is 2. The largest absolute Gasteiger partial charge is 0.364 e. The van der Waals surface area contributed by atoms with Gasteiger partial charge in [0.2, 0.25) is 0 Å². The van der Waals surface area contributed by atoms with Gasteiger partial charge in [-0.3, -0.25) is 4.98 Å². The molecular formula is C21H22N6. The Hall–Kier alpha value is -3.28. The van der Waals surface area contributed by atoms with Crippen LogP contribution < -0.4 is 5.32 Å². The predicted molar refractivity (Wildman–Crippen MR) is 107 cm³/mol. The zero-order chi connectivity index (χ0) is 18.6. The minimum atomic E-state index is 0.614. The number of anilines is 1. The van der Waals surface area contributed by atoms with Gasteiger partial charge in [0.15, 0.2) is 0 Å². The lowest BCUT2D eigenvalue weighted by atomic mass is 10.1. The summed E-state index contributed by atoms with van der Waals surface area (Å²) in [6.07, 6.45) is 5.60. The van der Waals surface area contributed by atoms with Crippen LogP contribution in [0.4, 0.5) is 5.82 Å². The van der Waals surface area contributed by atoms with Gasteiger partial charge >= 0.3 is 0 Å². The summed E-state index contributed by atoms with van der Waals surface area (Å²) in [4.78, 5) is 21.6. The average Bonchev–Trinajstić information content (AvgIpc) is 3.15. The lowest BCUT2D eigenvalue weighted by Gasteiger charge is -2.10. The van der Waals surface area contributed by atoms with E-state index in [4.69, 9.17) is 4.98 Å². The normalized spacial score (nSPS) is 11.0. The Morgan fingerprint density at radius 3 is 2.81 bits per heavy atom. The third-order valence-corrected chi connectivity index (χ3v) is 4.36. The molecule has 4 aromatic rings. The molecule has 0 aliphatic rings. The van der Waals surface area contributed by atoms with Crippen molar-refractivity contribution in [3.63, 3.8) is 0 Å². The molecule has 0 aliphatic heterocycles. The number of nitrogens with one attached hydrogen (secondary N) is 2. The highest BCUT2D eigenvalue weighted by molar-refractivity contribution is 5.93. The maximum atomic E-state index is 4.79. The van der Waals surface area contributed by atoms with Crippen molar-refractivity contribution >= 4 is 16.9 Å². The lowest BCUT2D eigenvalue weighted by Crippen LogP contribution is -2.04. The van der Waals surface area contributed by atoms with Crippen molar-refractivity contribution in [2.45, 2.75) is 33.2 Å². The Labute approximate surface area is 158 Å². The summed E-state index contributed by atoms with van der Waals surface area (Å²) in [5, 5.41) is 4.42. The van der Waals surface area contributed by atoms with Crippen LogP contribution >= 0.6 is 0 Å². The molecule has 0 bridgehead atoms. The number of H-pyrrole nitrogens is 1. The Bertz CT molecular complexity index is 1050. The minimum Gasteiger partial charge on any atom is -0.364 e. The molecule has 0 radical (unpaired) electrons. The van der Waals surface area contributed by atoms with E-state index in [0.29, 0.717) is 6.54 Å². The van der Waals surface area contributed by atoms with Crippen LogP contribution in [-0.2, 0) is 13.0 Å². The second-order valence-electron chi connectivity index (χ2n) is 6.53. The maximum Gasteiger partial charge on any atom is 0.140 e. The van der Waals surface area contributed by atoms with E-state index in [-0.39, 0.29) is 0 Å². The maximum absolute atomic E-state index is 4.79. The van der Waals surface area contributed by atoms with Gasteiger partial charge in [-0.05, 0) is 43.7 Å². The van der Waals surface area contributed by atoms with Gasteiger partial charge in [-0.2, -0.15) is 0 Å². The van der Waals surface area contributed by atoms with Crippen molar-refractivity contribution in [2.75, 3.05) is 5.32 Å².